The fraction of sp³-hybridized carbons (Fsp3) is 0.192. The smallest absolute Gasteiger partial charge is 0.232 e. The van der Waals surface area contributed by atoms with Gasteiger partial charge in [-0.05, 0) is 54.4 Å². The van der Waals surface area contributed by atoms with Crippen molar-refractivity contribution in [3.8, 4) is 28.3 Å². The summed E-state index contributed by atoms with van der Waals surface area (Å²) in [6.07, 6.45) is 2.27. The van der Waals surface area contributed by atoms with E-state index in [0.717, 1.165) is 12.5 Å². The van der Waals surface area contributed by atoms with E-state index in [9.17, 15) is 18.0 Å². The standard InChI is InChI=1S/C26H21F3N4O2/c1-15(16-3-5-18(27)6-4-16)25(34)31-22-13-17(9-10-30-22)23-24(20-8-7-19(28)14-21(20)29)32-33-11-2-12-35-26(23)33/h3-10,13-15H,2,11-12H2,1H3,(H,30,31,34). The first kappa shape index (κ1) is 22.6. The highest BCUT2D eigenvalue weighted by molar-refractivity contribution is 5.95. The summed E-state index contributed by atoms with van der Waals surface area (Å²) in [7, 11) is 0. The van der Waals surface area contributed by atoms with Crippen LogP contribution in [0.15, 0.2) is 60.8 Å². The Morgan fingerprint density at radius 2 is 1.83 bits per heavy atom. The number of carbonyl (C=O) groups excluding carboxylic acids is 1. The van der Waals surface area contributed by atoms with Gasteiger partial charge in [0.1, 0.15) is 29.0 Å². The van der Waals surface area contributed by atoms with Gasteiger partial charge in [-0.25, -0.2) is 22.8 Å². The number of pyridine rings is 1. The molecule has 0 spiro atoms. The Labute approximate surface area is 199 Å². The predicted molar refractivity (Wildman–Crippen MR) is 124 cm³/mol. The lowest BCUT2D eigenvalue weighted by Crippen LogP contribution is -2.19. The second-order valence-electron chi connectivity index (χ2n) is 8.27. The maximum Gasteiger partial charge on any atom is 0.232 e. The second-order valence-corrected chi connectivity index (χ2v) is 8.27. The largest absolute Gasteiger partial charge is 0.477 e. The molecule has 178 valence electrons. The molecule has 35 heavy (non-hydrogen) atoms. The molecule has 1 aliphatic heterocycles. The highest BCUT2D eigenvalue weighted by Gasteiger charge is 2.26. The molecule has 5 rings (SSSR count). The van der Waals surface area contributed by atoms with Crippen LogP contribution < -0.4 is 10.1 Å². The first-order valence-electron chi connectivity index (χ1n) is 11.1. The van der Waals surface area contributed by atoms with Gasteiger partial charge in [-0.3, -0.25) is 4.79 Å². The third-order valence-electron chi connectivity index (χ3n) is 5.91. The number of nitrogens with one attached hydrogen (secondary N) is 1. The van der Waals surface area contributed by atoms with Crippen LogP contribution in [0.25, 0.3) is 22.4 Å². The molecule has 0 saturated carbocycles. The monoisotopic (exact) mass is 478 g/mol. The summed E-state index contributed by atoms with van der Waals surface area (Å²) in [5.41, 5.74) is 2.24. The minimum absolute atomic E-state index is 0.138. The maximum absolute atomic E-state index is 14.7. The molecule has 0 aliphatic carbocycles. The Hall–Kier alpha value is -4.14. The summed E-state index contributed by atoms with van der Waals surface area (Å²) in [6, 6.07) is 12.4. The highest BCUT2D eigenvalue weighted by Crippen LogP contribution is 2.41. The third-order valence-corrected chi connectivity index (χ3v) is 5.91. The minimum Gasteiger partial charge on any atom is -0.477 e. The topological polar surface area (TPSA) is 69.0 Å². The zero-order valence-electron chi connectivity index (χ0n) is 18.8. The zero-order valence-corrected chi connectivity index (χ0v) is 18.8. The molecule has 1 amide bonds. The summed E-state index contributed by atoms with van der Waals surface area (Å²) in [6.45, 7) is 2.78. The normalized spacial score (nSPS) is 13.6. The van der Waals surface area contributed by atoms with Gasteiger partial charge in [-0.15, -0.1) is 0 Å². The van der Waals surface area contributed by atoms with Crippen LogP contribution in [-0.2, 0) is 11.3 Å². The predicted octanol–water partition coefficient (Wildman–Crippen LogP) is 5.55. The van der Waals surface area contributed by atoms with E-state index in [1.807, 2.05) is 0 Å². The maximum atomic E-state index is 14.7. The second kappa shape index (κ2) is 9.25. The number of aromatic nitrogens is 3. The molecule has 0 fully saturated rings. The molecular formula is C26H21F3N4O2. The summed E-state index contributed by atoms with van der Waals surface area (Å²) in [4.78, 5) is 17.1. The van der Waals surface area contributed by atoms with E-state index in [4.69, 9.17) is 4.74 Å². The minimum atomic E-state index is -0.739. The van der Waals surface area contributed by atoms with Gasteiger partial charge < -0.3 is 10.1 Å². The molecule has 1 atom stereocenters. The van der Waals surface area contributed by atoms with Gasteiger partial charge in [-0.1, -0.05) is 12.1 Å². The number of hydrogen-bond acceptors (Lipinski definition) is 4. The van der Waals surface area contributed by atoms with Crippen molar-refractivity contribution in [2.75, 3.05) is 11.9 Å². The van der Waals surface area contributed by atoms with Crippen molar-refractivity contribution in [2.24, 2.45) is 0 Å². The molecule has 3 heterocycles. The number of aryl methyl sites for hydroxylation is 1. The van der Waals surface area contributed by atoms with Crippen LogP contribution in [0.5, 0.6) is 5.88 Å². The molecule has 2 aromatic heterocycles. The molecular weight excluding hydrogens is 457 g/mol. The van der Waals surface area contributed by atoms with Crippen LogP contribution in [0.2, 0.25) is 0 Å². The van der Waals surface area contributed by atoms with E-state index in [1.54, 1.807) is 35.9 Å². The lowest BCUT2D eigenvalue weighted by Gasteiger charge is -2.16. The first-order valence-corrected chi connectivity index (χ1v) is 11.1. The Kier molecular flexibility index (Phi) is 5.98. The van der Waals surface area contributed by atoms with E-state index in [0.29, 0.717) is 41.4 Å². The molecule has 1 N–H and O–H groups in total. The molecule has 0 bridgehead atoms. The van der Waals surface area contributed by atoms with Crippen LogP contribution in [0, 0.1) is 17.5 Å². The van der Waals surface area contributed by atoms with Gasteiger partial charge in [0.25, 0.3) is 0 Å². The molecule has 2 aromatic carbocycles. The van der Waals surface area contributed by atoms with Crippen LogP contribution in [0.3, 0.4) is 0 Å². The summed E-state index contributed by atoms with van der Waals surface area (Å²) in [5, 5.41) is 7.32. The number of rotatable bonds is 5. The number of fused-ring (bicyclic) bond motifs is 1. The molecule has 4 aromatic rings. The van der Waals surface area contributed by atoms with E-state index < -0.39 is 17.6 Å². The Morgan fingerprint density at radius 1 is 1.06 bits per heavy atom. The van der Waals surface area contributed by atoms with Gasteiger partial charge in [0.15, 0.2) is 0 Å². The summed E-state index contributed by atoms with van der Waals surface area (Å²) in [5.74, 6) is -1.91. The Morgan fingerprint density at radius 3 is 2.60 bits per heavy atom. The zero-order chi connectivity index (χ0) is 24.5. The van der Waals surface area contributed by atoms with Gasteiger partial charge >= 0.3 is 0 Å². The van der Waals surface area contributed by atoms with Crippen LogP contribution >= 0.6 is 0 Å². The number of hydrogen-bond donors (Lipinski definition) is 1. The van der Waals surface area contributed by atoms with Crippen molar-refractivity contribution in [3.05, 3.63) is 83.8 Å². The number of amides is 1. The van der Waals surface area contributed by atoms with Crippen molar-refractivity contribution in [1.29, 1.82) is 0 Å². The van der Waals surface area contributed by atoms with Crippen LogP contribution in [-0.4, -0.2) is 27.3 Å². The molecule has 1 unspecified atom stereocenters. The highest BCUT2D eigenvalue weighted by atomic mass is 19.1. The van der Waals surface area contributed by atoms with Crippen molar-refractivity contribution in [1.82, 2.24) is 14.8 Å². The molecule has 0 saturated heterocycles. The van der Waals surface area contributed by atoms with Gasteiger partial charge in [0.2, 0.25) is 11.8 Å². The number of halogens is 3. The number of nitrogens with zero attached hydrogens (tertiary/aromatic N) is 3. The van der Waals surface area contributed by atoms with Crippen LogP contribution in [0.1, 0.15) is 24.8 Å². The van der Waals surface area contributed by atoms with Crippen molar-refractivity contribution in [2.45, 2.75) is 25.8 Å². The number of ether oxygens (including phenoxy) is 1. The molecule has 1 aliphatic rings. The molecule has 6 nitrogen and oxygen atoms in total. The van der Waals surface area contributed by atoms with Gasteiger partial charge in [0.05, 0.1) is 18.1 Å². The van der Waals surface area contributed by atoms with E-state index >= 15 is 0 Å². The van der Waals surface area contributed by atoms with Gasteiger partial charge in [-0.2, -0.15) is 5.10 Å². The SMILES string of the molecule is CC(C(=O)Nc1cc(-c2c(-c3ccc(F)cc3F)nn3c2OCCC3)ccn1)c1ccc(F)cc1. The summed E-state index contributed by atoms with van der Waals surface area (Å²) >= 11 is 0. The number of carbonyl (C=O) groups is 1. The Balaban J connectivity index is 1.51. The van der Waals surface area contributed by atoms with E-state index in [-0.39, 0.29) is 23.1 Å². The molecule has 0 radical (unpaired) electrons. The first-order chi connectivity index (χ1) is 16.9. The fourth-order valence-electron chi connectivity index (χ4n) is 4.05. The number of anilines is 1. The van der Waals surface area contributed by atoms with Crippen molar-refractivity contribution >= 4 is 11.7 Å². The van der Waals surface area contributed by atoms with Crippen molar-refractivity contribution < 1.29 is 22.7 Å². The van der Waals surface area contributed by atoms with Crippen molar-refractivity contribution in [3.63, 3.8) is 0 Å². The van der Waals surface area contributed by atoms with E-state index in [1.165, 1.54) is 30.5 Å². The average molecular weight is 478 g/mol. The molecule has 9 heteroatoms. The fourth-order valence-corrected chi connectivity index (χ4v) is 4.05. The van der Waals surface area contributed by atoms with Gasteiger partial charge in [0, 0.05) is 30.8 Å². The number of benzene rings is 2. The van der Waals surface area contributed by atoms with Crippen LogP contribution in [0.4, 0.5) is 19.0 Å². The quantitative estimate of drug-likeness (QED) is 0.408. The average Bonchev–Trinajstić information content (AvgIpc) is 3.23. The Bertz CT molecular complexity index is 1400. The third kappa shape index (κ3) is 4.49. The van der Waals surface area contributed by atoms with E-state index in [2.05, 4.69) is 15.4 Å². The lowest BCUT2D eigenvalue weighted by atomic mass is 10.00. The summed E-state index contributed by atoms with van der Waals surface area (Å²) < 4.78 is 49.0. The lowest BCUT2D eigenvalue weighted by molar-refractivity contribution is -0.117.